The second kappa shape index (κ2) is 6.21. The first-order valence-corrected chi connectivity index (χ1v) is 6.15. The molecule has 0 amide bonds. The highest BCUT2D eigenvalue weighted by Crippen LogP contribution is 2.21. The van der Waals surface area contributed by atoms with Crippen LogP contribution in [0, 0.1) is 5.82 Å². The van der Waals surface area contributed by atoms with Crippen LogP contribution in [0.5, 0.6) is 5.75 Å². The Morgan fingerprint density at radius 1 is 1.44 bits per heavy atom. The van der Waals surface area contributed by atoms with Gasteiger partial charge in [0.25, 0.3) is 0 Å². The van der Waals surface area contributed by atoms with Crippen molar-refractivity contribution >= 4 is 11.6 Å². The van der Waals surface area contributed by atoms with Crippen molar-refractivity contribution in [3.05, 3.63) is 41.2 Å². The predicted octanol–water partition coefficient (Wildman–Crippen LogP) is 3.85. The third kappa shape index (κ3) is 5.52. The maximum atomic E-state index is 13.2. The fraction of sp³-hybridized carbons (Fsp3) is 0.429. The van der Waals surface area contributed by atoms with Crippen molar-refractivity contribution in [3.8, 4) is 5.75 Å². The fourth-order valence-corrected chi connectivity index (χ4v) is 1.40. The number of benzene rings is 1. The molecule has 0 heterocycles. The largest absolute Gasteiger partial charge is 0.488 e. The molecule has 0 unspecified atom stereocenters. The van der Waals surface area contributed by atoms with Gasteiger partial charge in [-0.15, -0.1) is 0 Å². The minimum Gasteiger partial charge on any atom is -0.488 e. The normalized spacial score (nSPS) is 11.4. The highest BCUT2D eigenvalue weighted by atomic mass is 35.5. The molecule has 18 heavy (non-hydrogen) atoms. The van der Waals surface area contributed by atoms with E-state index in [1.165, 1.54) is 12.1 Å². The summed E-state index contributed by atoms with van der Waals surface area (Å²) in [5, 5.41) is 3.70. The molecule has 2 nitrogen and oxygen atoms in total. The first-order chi connectivity index (χ1) is 8.28. The zero-order valence-corrected chi connectivity index (χ0v) is 11.8. The minimum absolute atomic E-state index is 0.0420. The lowest BCUT2D eigenvalue weighted by atomic mass is 10.1. The van der Waals surface area contributed by atoms with Gasteiger partial charge in [-0.1, -0.05) is 18.2 Å². The van der Waals surface area contributed by atoms with E-state index in [1.807, 2.05) is 20.8 Å². The molecule has 0 atom stereocenters. The van der Waals surface area contributed by atoms with E-state index < -0.39 is 0 Å². The van der Waals surface area contributed by atoms with E-state index in [-0.39, 0.29) is 18.0 Å². The quantitative estimate of drug-likeness (QED) is 0.878. The van der Waals surface area contributed by atoms with Gasteiger partial charge in [-0.2, -0.15) is 0 Å². The second-order valence-electron chi connectivity index (χ2n) is 5.16. The van der Waals surface area contributed by atoms with Crippen LogP contribution in [-0.4, -0.2) is 12.1 Å². The van der Waals surface area contributed by atoms with Gasteiger partial charge in [0.15, 0.2) is 0 Å². The highest BCUT2D eigenvalue weighted by Gasteiger charge is 2.12. The van der Waals surface area contributed by atoms with E-state index in [0.29, 0.717) is 17.3 Å². The maximum absolute atomic E-state index is 13.2. The number of hydrogen-bond acceptors (Lipinski definition) is 2. The molecule has 0 saturated carbocycles. The third-order valence-corrected chi connectivity index (χ3v) is 2.33. The summed E-state index contributed by atoms with van der Waals surface area (Å²) in [6.45, 7) is 10.5. The lowest BCUT2D eigenvalue weighted by Gasteiger charge is -2.21. The second-order valence-corrected chi connectivity index (χ2v) is 5.70. The summed E-state index contributed by atoms with van der Waals surface area (Å²) in [5.41, 5.74) is 0.725. The van der Waals surface area contributed by atoms with Gasteiger partial charge >= 0.3 is 0 Å². The smallest absolute Gasteiger partial charge is 0.124 e. The van der Waals surface area contributed by atoms with E-state index >= 15 is 0 Å². The van der Waals surface area contributed by atoms with Gasteiger partial charge in [-0.25, -0.2) is 4.39 Å². The topological polar surface area (TPSA) is 21.3 Å². The molecule has 100 valence electrons. The molecule has 4 heteroatoms. The molecule has 1 rings (SSSR count). The average molecular weight is 272 g/mol. The monoisotopic (exact) mass is 271 g/mol. The van der Waals surface area contributed by atoms with Crippen LogP contribution in [0.2, 0.25) is 0 Å². The number of halogens is 2. The van der Waals surface area contributed by atoms with Gasteiger partial charge in [0, 0.05) is 22.7 Å². The first-order valence-electron chi connectivity index (χ1n) is 5.77. The third-order valence-electron chi connectivity index (χ3n) is 2.22. The predicted molar refractivity (Wildman–Crippen MR) is 73.5 cm³/mol. The lowest BCUT2D eigenvalue weighted by molar-refractivity contribution is 0.348. The lowest BCUT2D eigenvalue weighted by Crippen LogP contribution is -2.35. The van der Waals surface area contributed by atoms with Crippen molar-refractivity contribution in [2.75, 3.05) is 6.61 Å². The molecule has 0 bridgehead atoms. The van der Waals surface area contributed by atoms with Crippen LogP contribution in [0.4, 0.5) is 4.39 Å². The van der Waals surface area contributed by atoms with Crippen LogP contribution >= 0.6 is 11.6 Å². The molecule has 0 aromatic heterocycles. The fourth-order valence-electron chi connectivity index (χ4n) is 1.34. The standard InChI is InChI=1S/C14H19ClFNO/c1-10(15)9-18-13-6-5-12(16)7-11(13)8-17-14(2,3)4/h5-7,17H,1,8-9H2,2-4H3. The van der Waals surface area contributed by atoms with E-state index in [0.717, 1.165) is 5.56 Å². The summed E-state index contributed by atoms with van der Waals surface area (Å²) < 4.78 is 18.7. The zero-order valence-electron chi connectivity index (χ0n) is 11.0. The molecule has 1 aromatic rings. The molecular formula is C14H19ClFNO. The summed E-state index contributed by atoms with van der Waals surface area (Å²) >= 11 is 5.65. The van der Waals surface area contributed by atoms with Gasteiger partial charge in [-0.05, 0) is 39.0 Å². The SMILES string of the molecule is C=C(Cl)COc1ccc(F)cc1CNC(C)(C)C. The van der Waals surface area contributed by atoms with Crippen molar-refractivity contribution in [1.82, 2.24) is 5.32 Å². The number of nitrogens with one attached hydrogen (secondary N) is 1. The molecule has 0 fully saturated rings. The Morgan fingerprint density at radius 3 is 2.67 bits per heavy atom. The number of rotatable bonds is 5. The molecule has 0 aliphatic carbocycles. The molecular weight excluding hydrogens is 253 g/mol. The molecule has 0 aliphatic rings. The maximum Gasteiger partial charge on any atom is 0.124 e. The Labute approximate surface area is 113 Å². The Bertz CT molecular complexity index is 426. The van der Waals surface area contributed by atoms with E-state index in [4.69, 9.17) is 16.3 Å². The molecule has 0 aliphatic heterocycles. The van der Waals surface area contributed by atoms with Crippen LogP contribution < -0.4 is 10.1 Å². The van der Waals surface area contributed by atoms with Gasteiger partial charge < -0.3 is 10.1 Å². The average Bonchev–Trinajstić information content (AvgIpc) is 2.23. The van der Waals surface area contributed by atoms with E-state index in [1.54, 1.807) is 6.07 Å². The summed E-state index contributed by atoms with van der Waals surface area (Å²) in [4.78, 5) is 0. The minimum atomic E-state index is -0.280. The van der Waals surface area contributed by atoms with Crippen molar-refractivity contribution in [1.29, 1.82) is 0 Å². The van der Waals surface area contributed by atoms with Gasteiger partial charge in [0.1, 0.15) is 18.2 Å². The van der Waals surface area contributed by atoms with E-state index in [2.05, 4.69) is 11.9 Å². The molecule has 1 aromatic carbocycles. The van der Waals surface area contributed by atoms with E-state index in [9.17, 15) is 4.39 Å². The number of hydrogen-bond donors (Lipinski definition) is 1. The van der Waals surface area contributed by atoms with Crippen molar-refractivity contribution in [3.63, 3.8) is 0 Å². The van der Waals surface area contributed by atoms with Crippen molar-refractivity contribution in [2.24, 2.45) is 0 Å². The molecule has 0 radical (unpaired) electrons. The van der Waals surface area contributed by atoms with Crippen LogP contribution in [0.15, 0.2) is 29.8 Å². The Morgan fingerprint density at radius 2 is 2.11 bits per heavy atom. The molecule has 0 spiro atoms. The van der Waals surface area contributed by atoms with Crippen molar-refractivity contribution in [2.45, 2.75) is 32.9 Å². The highest BCUT2D eigenvalue weighted by molar-refractivity contribution is 6.29. The van der Waals surface area contributed by atoms with Gasteiger partial charge in [0.05, 0.1) is 0 Å². The summed E-state index contributed by atoms with van der Waals surface area (Å²) in [7, 11) is 0. The van der Waals surface area contributed by atoms with Crippen LogP contribution in [0.25, 0.3) is 0 Å². The summed E-state index contributed by atoms with van der Waals surface area (Å²) in [6, 6.07) is 4.44. The Hall–Kier alpha value is -1.06. The van der Waals surface area contributed by atoms with Gasteiger partial charge in [0.2, 0.25) is 0 Å². The Kier molecular flexibility index (Phi) is 5.17. The summed E-state index contributed by atoms with van der Waals surface area (Å²) in [5.74, 6) is 0.340. The van der Waals surface area contributed by atoms with Crippen LogP contribution in [0.1, 0.15) is 26.3 Å². The molecule has 0 saturated heterocycles. The summed E-state index contributed by atoms with van der Waals surface area (Å²) in [6.07, 6.45) is 0. The zero-order chi connectivity index (χ0) is 13.8. The number of ether oxygens (including phenoxy) is 1. The molecule has 1 N–H and O–H groups in total. The van der Waals surface area contributed by atoms with Gasteiger partial charge in [-0.3, -0.25) is 0 Å². The van der Waals surface area contributed by atoms with Crippen LogP contribution in [-0.2, 0) is 6.54 Å². The first kappa shape index (κ1) is 15.0. The Balaban J connectivity index is 2.79. The van der Waals surface area contributed by atoms with Crippen LogP contribution in [0.3, 0.4) is 0 Å². The van der Waals surface area contributed by atoms with Crippen molar-refractivity contribution < 1.29 is 9.13 Å².